The van der Waals surface area contributed by atoms with Crippen molar-refractivity contribution in [3.63, 3.8) is 0 Å². The lowest BCUT2D eigenvalue weighted by molar-refractivity contribution is 0.305. The molecule has 0 radical (unpaired) electrons. The Kier molecular flexibility index (Phi) is 5.73. The van der Waals surface area contributed by atoms with Crippen LogP contribution in [0.25, 0.3) is 0 Å². The molecule has 1 heteroatoms. The van der Waals surface area contributed by atoms with Crippen molar-refractivity contribution in [3.05, 3.63) is 35.9 Å². The van der Waals surface area contributed by atoms with E-state index in [2.05, 4.69) is 42.6 Å². The van der Waals surface area contributed by atoms with Gasteiger partial charge in [-0.05, 0) is 24.8 Å². The Morgan fingerprint density at radius 3 is 2.67 bits per heavy atom. The van der Waals surface area contributed by atoms with E-state index in [4.69, 9.17) is 0 Å². The predicted molar refractivity (Wildman–Crippen MR) is 78.7 cm³/mol. The van der Waals surface area contributed by atoms with E-state index in [0.717, 1.165) is 6.04 Å². The van der Waals surface area contributed by atoms with Crippen LogP contribution in [0.5, 0.6) is 0 Å². The third-order valence-corrected chi connectivity index (χ3v) is 4.09. The van der Waals surface area contributed by atoms with E-state index < -0.39 is 0 Å². The fraction of sp³-hybridized carbons (Fsp3) is 0.647. The predicted octanol–water partition coefficient (Wildman–Crippen LogP) is 4.84. The molecule has 1 heterocycles. The van der Waals surface area contributed by atoms with Crippen LogP contribution in [-0.2, 0) is 0 Å². The lowest BCUT2D eigenvalue weighted by Gasteiger charge is -2.31. The van der Waals surface area contributed by atoms with Crippen molar-refractivity contribution in [1.82, 2.24) is 5.32 Å². The highest BCUT2D eigenvalue weighted by Crippen LogP contribution is 2.27. The zero-order chi connectivity index (χ0) is 12.6. The summed E-state index contributed by atoms with van der Waals surface area (Å²) in [5, 5.41) is 3.85. The first-order chi connectivity index (χ1) is 8.90. The maximum atomic E-state index is 3.85. The van der Waals surface area contributed by atoms with E-state index in [1.165, 1.54) is 56.9 Å². The second kappa shape index (κ2) is 7.58. The zero-order valence-electron chi connectivity index (χ0n) is 11.7. The summed E-state index contributed by atoms with van der Waals surface area (Å²) in [4.78, 5) is 0. The van der Waals surface area contributed by atoms with Crippen LogP contribution in [0.2, 0.25) is 0 Å². The normalized spacial score (nSPS) is 24.1. The van der Waals surface area contributed by atoms with Crippen LogP contribution < -0.4 is 5.32 Å². The molecule has 1 aliphatic heterocycles. The quantitative estimate of drug-likeness (QED) is 0.707. The number of unbranched alkanes of at least 4 members (excludes halogenated alkanes) is 3. The highest BCUT2D eigenvalue weighted by molar-refractivity contribution is 5.19. The molecule has 1 aliphatic rings. The zero-order valence-corrected chi connectivity index (χ0v) is 11.7. The van der Waals surface area contributed by atoms with E-state index in [1.54, 1.807) is 0 Å². The molecule has 1 nitrogen and oxygen atoms in total. The molecule has 1 aromatic carbocycles. The first kappa shape index (κ1) is 13.6. The van der Waals surface area contributed by atoms with Gasteiger partial charge in [-0.25, -0.2) is 0 Å². The summed E-state index contributed by atoms with van der Waals surface area (Å²) in [6, 6.07) is 12.3. The van der Waals surface area contributed by atoms with E-state index in [9.17, 15) is 0 Å². The molecule has 100 valence electrons. The van der Waals surface area contributed by atoms with Crippen LogP contribution in [0.15, 0.2) is 30.3 Å². The topological polar surface area (TPSA) is 12.0 Å². The molecule has 1 aromatic rings. The molecule has 2 rings (SSSR count). The van der Waals surface area contributed by atoms with Gasteiger partial charge in [0.2, 0.25) is 0 Å². The molecular formula is C17H27N. The van der Waals surface area contributed by atoms with E-state index in [1.807, 2.05) is 0 Å². The average molecular weight is 245 g/mol. The average Bonchev–Trinajstić information content (AvgIpc) is 2.45. The van der Waals surface area contributed by atoms with Crippen LogP contribution in [0.4, 0.5) is 0 Å². The fourth-order valence-electron chi connectivity index (χ4n) is 3.01. The van der Waals surface area contributed by atoms with Crippen LogP contribution in [-0.4, -0.2) is 6.04 Å². The van der Waals surface area contributed by atoms with Gasteiger partial charge >= 0.3 is 0 Å². The minimum Gasteiger partial charge on any atom is -0.307 e. The largest absolute Gasteiger partial charge is 0.307 e. The van der Waals surface area contributed by atoms with E-state index in [-0.39, 0.29) is 0 Å². The maximum absolute atomic E-state index is 3.85. The van der Waals surface area contributed by atoms with Gasteiger partial charge in [0.1, 0.15) is 0 Å². The Morgan fingerprint density at radius 2 is 1.89 bits per heavy atom. The third kappa shape index (κ3) is 4.13. The standard InChI is InChI=1S/C17H27N/c1-2-3-4-8-12-16-13-9-14-17(18-16)15-10-6-5-7-11-15/h5-7,10-11,16-18H,2-4,8-9,12-14H2,1H3. The molecule has 2 unspecified atom stereocenters. The van der Waals surface area contributed by atoms with Gasteiger partial charge in [-0.2, -0.15) is 0 Å². The third-order valence-electron chi connectivity index (χ3n) is 4.09. The fourth-order valence-corrected chi connectivity index (χ4v) is 3.01. The summed E-state index contributed by atoms with van der Waals surface area (Å²) in [6.07, 6.45) is 11.0. The molecule has 0 aromatic heterocycles. The summed E-state index contributed by atoms with van der Waals surface area (Å²) in [6.45, 7) is 2.28. The molecule has 0 aliphatic carbocycles. The van der Waals surface area contributed by atoms with Gasteiger partial charge in [-0.1, -0.05) is 69.4 Å². The molecule has 0 saturated carbocycles. The van der Waals surface area contributed by atoms with Gasteiger partial charge in [0, 0.05) is 12.1 Å². The number of hydrogen-bond donors (Lipinski definition) is 1. The van der Waals surface area contributed by atoms with Crippen LogP contribution in [0, 0.1) is 0 Å². The molecule has 18 heavy (non-hydrogen) atoms. The molecular weight excluding hydrogens is 218 g/mol. The van der Waals surface area contributed by atoms with Crippen LogP contribution >= 0.6 is 0 Å². The van der Waals surface area contributed by atoms with Crippen molar-refractivity contribution in [3.8, 4) is 0 Å². The second-order valence-corrected chi connectivity index (χ2v) is 5.61. The second-order valence-electron chi connectivity index (χ2n) is 5.61. The highest BCUT2D eigenvalue weighted by atomic mass is 15.0. The molecule has 1 fully saturated rings. The van der Waals surface area contributed by atoms with Crippen molar-refractivity contribution in [2.24, 2.45) is 0 Å². The Labute approximate surface area is 112 Å². The molecule has 1 N–H and O–H groups in total. The molecule has 0 spiro atoms. The molecule has 2 atom stereocenters. The molecule has 0 amide bonds. The van der Waals surface area contributed by atoms with E-state index in [0.29, 0.717) is 6.04 Å². The summed E-state index contributed by atoms with van der Waals surface area (Å²) in [5.74, 6) is 0. The Bertz CT molecular complexity index is 320. The SMILES string of the molecule is CCCCCCC1CCCC(c2ccccc2)N1. The van der Waals surface area contributed by atoms with Crippen molar-refractivity contribution >= 4 is 0 Å². The van der Waals surface area contributed by atoms with Crippen molar-refractivity contribution in [2.45, 2.75) is 70.4 Å². The summed E-state index contributed by atoms with van der Waals surface area (Å²) in [5.41, 5.74) is 1.47. The minimum atomic E-state index is 0.594. The smallest absolute Gasteiger partial charge is 0.0322 e. The maximum Gasteiger partial charge on any atom is 0.0322 e. The summed E-state index contributed by atoms with van der Waals surface area (Å²) >= 11 is 0. The molecule has 1 saturated heterocycles. The first-order valence-corrected chi connectivity index (χ1v) is 7.71. The summed E-state index contributed by atoms with van der Waals surface area (Å²) < 4.78 is 0. The number of benzene rings is 1. The van der Waals surface area contributed by atoms with Crippen LogP contribution in [0.1, 0.15) is 69.9 Å². The van der Waals surface area contributed by atoms with Gasteiger partial charge in [0.25, 0.3) is 0 Å². The van der Waals surface area contributed by atoms with Crippen molar-refractivity contribution in [2.75, 3.05) is 0 Å². The number of hydrogen-bond acceptors (Lipinski definition) is 1. The van der Waals surface area contributed by atoms with Gasteiger partial charge in [-0.3, -0.25) is 0 Å². The monoisotopic (exact) mass is 245 g/mol. The van der Waals surface area contributed by atoms with Gasteiger partial charge in [0.15, 0.2) is 0 Å². The van der Waals surface area contributed by atoms with Gasteiger partial charge < -0.3 is 5.32 Å². The lowest BCUT2D eigenvalue weighted by atomic mass is 9.91. The van der Waals surface area contributed by atoms with Gasteiger partial charge in [-0.15, -0.1) is 0 Å². The Balaban J connectivity index is 1.78. The highest BCUT2D eigenvalue weighted by Gasteiger charge is 2.21. The van der Waals surface area contributed by atoms with Crippen LogP contribution in [0.3, 0.4) is 0 Å². The van der Waals surface area contributed by atoms with Crippen molar-refractivity contribution < 1.29 is 0 Å². The van der Waals surface area contributed by atoms with E-state index >= 15 is 0 Å². The number of piperidine rings is 1. The minimum absolute atomic E-state index is 0.594. The number of rotatable bonds is 6. The Morgan fingerprint density at radius 1 is 1.06 bits per heavy atom. The first-order valence-electron chi connectivity index (χ1n) is 7.71. The molecule has 0 bridgehead atoms. The Hall–Kier alpha value is -0.820. The van der Waals surface area contributed by atoms with Crippen molar-refractivity contribution in [1.29, 1.82) is 0 Å². The van der Waals surface area contributed by atoms with Gasteiger partial charge in [0.05, 0.1) is 0 Å². The summed E-state index contributed by atoms with van der Waals surface area (Å²) in [7, 11) is 0. The number of nitrogens with one attached hydrogen (secondary N) is 1. The lowest BCUT2D eigenvalue weighted by Crippen LogP contribution is -2.36.